The van der Waals surface area contributed by atoms with Crippen molar-refractivity contribution in [1.82, 2.24) is 0 Å². The van der Waals surface area contributed by atoms with Gasteiger partial charge >= 0.3 is 0 Å². The molecule has 1 nitrogen and oxygen atoms in total. The fourth-order valence-corrected chi connectivity index (χ4v) is 8.76. The molecule has 0 amide bonds. The minimum Gasteiger partial charge on any atom is -0.456 e. The summed E-state index contributed by atoms with van der Waals surface area (Å²) < 4.78 is 6.55. The van der Waals surface area contributed by atoms with Crippen LogP contribution in [0.5, 0.6) is 11.5 Å². The molecule has 0 fully saturated rings. The standard InChI is InChI=1S/C45H26O/c1-2-11-28-25-41-37(23-27(28)10-1)33-14-4-7-18-39(33)45(41)38-17-6-3-13-32(38)36-24-29(20-21-40(36)45)31-22-30-12-9-16-35-34-15-5-8-19-42(34)46-43(26-31)44(30)35/h1-26H. The highest BCUT2D eigenvalue weighted by Crippen LogP contribution is 2.63. The summed E-state index contributed by atoms with van der Waals surface area (Å²) in [5.74, 6) is 1.83. The van der Waals surface area contributed by atoms with Crippen LogP contribution in [0.4, 0.5) is 0 Å². The predicted octanol–water partition coefficient (Wildman–Crippen LogP) is 11.8. The van der Waals surface area contributed by atoms with Crippen molar-refractivity contribution in [3.63, 3.8) is 0 Å². The third-order valence-corrected chi connectivity index (χ3v) is 10.6. The number of rotatable bonds is 1. The summed E-state index contributed by atoms with van der Waals surface area (Å²) >= 11 is 0. The second kappa shape index (κ2) is 8.62. The Labute approximate surface area is 267 Å². The van der Waals surface area contributed by atoms with Crippen LogP contribution in [0, 0.1) is 0 Å². The van der Waals surface area contributed by atoms with Crippen LogP contribution >= 0.6 is 0 Å². The molecule has 2 aliphatic carbocycles. The number of para-hydroxylation sites is 1. The van der Waals surface area contributed by atoms with Crippen LogP contribution in [0.3, 0.4) is 0 Å². The second-order valence-corrected chi connectivity index (χ2v) is 12.8. The van der Waals surface area contributed by atoms with E-state index in [1.54, 1.807) is 0 Å². The SMILES string of the molecule is c1ccc2c(c1)Oc1cc(-c3ccc4c(c3)-c3ccccc3C43c4ccccc4-c4cc5ccccc5cc43)cc3cccc-2c13. The monoisotopic (exact) mass is 582 g/mol. The third kappa shape index (κ3) is 2.96. The number of hydrogen-bond donors (Lipinski definition) is 0. The van der Waals surface area contributed by atoms with E-state index < -0.39 is 0 Å². The average molecular weight is 583 g/mol. The molecule has 1 spiro atoms. The molecule has 0 N–H and O–H groups in total. The Morgan fingerprint density at radius 3 is 1.74 bits per heavy atom. The van der Waals surface area contributed by atoms with E-state index in [2.05, 4.69) is 152 Å². The van der Waals surface area contributed by atoms with Crippen molar-refractivity contribution in [2.75, 3.05) is 0 Å². The number of benzene rings is 8. The molecule has 212 valence electrons. The second-order valence-electron chi connectivity index (χ2n) is 12.8. The number of ether oxygens (including phenoxy) is 1. The zero-order chi connectivity index (χ0) is 30.0. The van der Waals surface area contributed by atoms with Gasteiger partial charge in [0, 0.05) is 10.9 Å². The van der Waals surface area contributed by atoms with E-state index in [-0.39, 0.29) is 5.41 Å². The quantitative estimate of drug-likeness (QED) is 0.187. The molecule has 0 saturated heterocycles. The maximum atomic E-state index is 6.55. The summed E-state index contributed by atoms with van der Waals surface area (Å²) in [7, 11) is 0. The molecule has 1 atom stereocenters. The van der Waals surface area contributed by atoms with E-state index in [1.807, 2.05) is 6.07 Å². The van der Waals surface area contributed by atoms with E-state index in [0.717, 1.165) is 17.1 Å². The average Bonchev–Trinajstić information content (AvgIpc) is 3.57. The van der Waals surface area contributed by atoms with E-state index in [1.165, 1.54) is 82.7 Å². The van der Waals surface area contributed by atoms with Gasteiger partial charge in [-0.25, -0.2) is 0 Å². The zero-order valence-corrected chi connectivity index (χ0v) is 24.9. The van der Waals surface area contributed by atoms with E-state index in [4.69, 9.17) is 4.74 Å². The molecule has 46 heavy (non-hydrogen) atoms. The Kier molecular flexibility index (Phi) is 4.57. The molecule has 0 aromatic heterocycles. The highest BCUT2D eigenvalue weighted by molar-refractivity contribution is 6.06. The maximum Gasteiger partial charge on any atom is 0.136 e. The first kappa shape index (κ1) is 24.4. The van der Waals surface area contributed by atoms with Crippen molar-refractivity contribution in [2.24, 2.45) is 0 Å². The van der Waals surface area contributed by atoms with Gasteiger partial charge in [0.1, 0.15) is 11.5 Å². The molecule has 1 aliphatic heterocycles. The van der Waals surface area contributed by atoms with Gasteiger partial charge < -0.3 is 4.74 Å². The van der Waals surface area contributed by atoms with Crippen molar-refractivity contribution in [1.29, 1.82) is 0 Å². The van der Waals surface area contributed by atoms with E-state index in [0.29, 0.717) is 0 Å². The molecule has 0 saturated carbocycles. The highest BCUT2D eigenvalue weighted by Gasteiger charge is 2.51. The molecule has 8 aromatic carbocycles. The molecule has 1 heterocycles. The summed E-state index contributed by atoms with van der Waals surface area (Å²) in [6.45, 7) is 0. The van der Waals surface area contributed by atoms with Crippen molar-refractivity contribution in [3.8, 4) is 56.0 Å². The van der Waals surface area contributed by atoms with Gasteiger partial charge in [0.05, 0.1) is 5.41 Å². The van der Waals surface area contributed by atoms with Crippen molar-refractivity contribution in [3.05, 3.63) is 180 Å². The fraction of sp³-hybridized carbons (Fsp3) is 0.0222. The molecule has 11 rings (SSSR count). The molecule has 3 aliphatic rings. The molecular formula is C45H26O. The van der Waals surface area contributed by atoms with Crippen LogP contribution in [0.15, 0.2) is 158 Å². The lowest BCUT2D eigenvalue weighted by Gasteiger charge is -2.30. The molecule has 0 bridgehead atoms. The lowest BCUT2D eigenvalue weighted by molar-refractivity contribution is 0.487. The summed E-state index contributed by atoms with van der Waals surface area (Å²) in [4.78, 5) is 0. The van der Waals surface area contributed by atoms with Gasteiger partial charge in [-0.15, -0.1) is 0 Å². The highest BCUT2D eigenvalue weighted by atomic mass is 16.5. The lowest BCUT2D eigenvalue weighted by atomic mass is 9.70. The van der Waals surface area contributed by atoms with Crippen LogP contribution in [0.1, 0.15) is 22.3 Å². The molecular weight excluding hydrogens is 556 g/mol. The molecule has 8 aromatic rings. The smallest absolute Gasteiger partial charge is 0.136 e. The van der Waals surface area contributed by atoms with Crippen molar-refractivity contribution in [2.45, 2.75) is 5.41 Å². The molecule has 0 radical (unpaired) electrons. The summed E-state index contributed by atoms with van der Waals surface area (Å²) in [6, 6.07) is 58.3. The topological polar surface area (TPSA) is 9.23 Å². The van der Waals surface area contributed by atoms with Crippen LogP contribution in [-0.2, 0) is 5.41 Å². The first-order chi connectivity index (χ1) is 22.8. The minimum atomic E-state index is -0.364. The van der Waals surface area contributed by atoms with Gasteiger partial charge in [0.15, 0.2) is 0 Å². The Bertz CT molecular complexity index is 2630. The van der Waals surface area contributed by atoms with E-state index in [9.17, 15) is 0 Å². The minimum absolute atomic E-state index is 0.364. The largest absolute Gasteiger partial charge is 0.456 e. The Balaban J connectivity index is 1.17. The Morgan fingerprint density at radius 2 is 0.935 bits per heavy atom. The van der Waals surface area contributed by atoms with Crippen LogP contribution in [-0.4, -0.2) is 0 Å². The van der Waals surface area contributed by atoms with E-state index >= 15 is 0 Å². The number of fused-ring (bicyclic) bond motifs is 13. The third-order valence-electron chi connectivity index (χ3n) is 10.6. The van der Waals surface area contributed by atoms with Crippen LogP contribution in [0.2, 0.25) is 0 Å². The normalized spacial score (nSPS) is 16.1. The lowest BCUT2D eigenvalue weighted by Crippen LogP contribution is -2.25. The van der Waals surface area contributed by atoms with Crippen LogP contribution in [0.25, 0.3) is 66.1 Å². The Hall–Kier alpha value is -5.92. The van der Waals surface area contributed by atoms with Gasteiger partial charge in [0.25, 0.3) is 0 Å². The summed E-state index contributed by atoms with van der Waals surface area (Å²) in [6.07, 6.45) is 0. The van der Waals surface area contributed by atoms with Gasteiger partial charge in [0.2, 0.25) is 0 Å². The van der Waals surface area contributed by atoms with Gasteiger partial charge in [-0.05, 0) is 114 Å². The summed E-state index contributed by atoms with van der Waals surface area (Å²) in [5, 5.41) is 4.94. The van der Waals surface area contributed by atoms with Crippen molar-refractivity contribution < 1.29 is 4.74 Å². The van der Waals surface area contributed by atoms with Gasteiger partial charge in [-0.1, -0.05) is 121 Å². The first-order valence-corrected chi connectivity index (χ1v) is 16.0. The zero-order valence-electron chi connectivity index (χ0n) is 24.9. The van der Waals surface area contributed by atoms with Crippen LogP contribution < -0.4 is 4.74 Å². The van der Waals surface area contributed by atoms with Crippen molar-refractivity contribution >= 4 is 21.5 Å². The number of hydrogen-bond acceptors (Lipinski definition) is 1. The predicted molar refractivity (Wildman–Crippen MR) is 189 cm³/mol. The van der Waals surface area contributed by atoms with Gasteiger partial charge in [-0.3, -0.25) is 0 Å². The fourth-order valence-electron chi connectivity index (χ4n) is 8.76. The Morgan fingerprint density at radius 1 is 0.326 bits per heavy atom. The van der Waals surface area contributed by atoms with Gasteiger partial charge in [-0.2, -0.15) is 0 Å². The summed E-state index contributed by atoms with van der Waals surface area (Å²) in [5.41, 5.74) is 15.1. The molecule has 1 unspecified atom stereocenters. The maximum absolute atomic E-state index is 6.55. The first-order valence-electron chi connectivity index (χ1n) is 16.0. The molecule has 1 heteroatoms.